The molecule has 0 unspecified atom stereocenters. The summed E-state index contributed by atoms with van der Waals surface area (Å²) in [6, 6.07) is 9.79. The van der Waals surface area contributed by atoms with Crippen molar-refractivity contribution in [3.63, 3.8) is 0 Å². The fraction of sp³-hybridized carbons (Fsp3) is 0.400. The number of pyridine rings is 1. The first-order valence-electron chi connectivity index (χ1n) is 11.4. The van der Waals surface area contributed by atoms with Crippen molar-refractivity contribution in [2.24, 2.45) is 5.92 Å². The van der Waals surface area contributed by atoms with E-state index in [4.69, 9.17) is 4.52 Å². The maximum absolute atomic E-state index is 13.4. The Morgan fingerprint density at radius 3 is 2.88 bits per heavy atom. The molecule has 2 amide bonds. The predicted octanol–water partition coefficient (Wildman–Crippen LogP) is 3.51. The number of hydrogen-bond donors (Lipinski definition) is 0. The smallest absolute Gasteiger partial charge is 0.231 e. The lowest BCUT2D eigenvalue weighted by Gasteiger charge is -2.32. The van der Waals surface area contributed by atoms with E-state index in [0.717, 1.165) is 35.2 Å². The average Bonchev–Trinajstić information content (AvgIpc) is 3.48. The van der Waals surface area contributed by atoms with E-state index in [-0.39, 0.29) is 30.1 Å². The van der Waals surface area contributed by atoms with Gasteiger partial charge in [-0.3, -0.25) is 14.6 Å². The molecule has 5 rings (SSSR count). The van der Waals surface area contributed by atoms with E-state index in [1.165, 1.54) is 0 Å². The Labute approximate surface area is 192 Å². The van der Waals surface area contributed by atoms with E-state index in [2.05, 4.69) is 15.1 Å². The number of benzene rings is 1. The van der Waals surface area contributed by atoms with E-state index in [0.29, 0.717) is 31.3 Å². The summed E-state index contributed by atoms with van der Waals surface area (Å²) in [7, 11) is 0. The highest BCUT2D eigenvalue weighted by Gasteiger charge is 2.39. The number of amides is 2. The Balaban J connectivity index is 1.27. The second-order valence-corrected chi connectivity index (χ2v) is 9.02. The molecule has 170 valence electrons. The molecule has 2 atom stereocenters. The van der Waals surface area contributed by atoms with Gasteiger partial charge in [-0.15, -0.1) is 0 Å². The summed E-state index contributed by atoms with van der Waals surface area (Å²) in [5.74, 6) is 0.761. The first-order valence-corrected chi connectivity index (χ1v) is 11.4. The fourth-order valence-electron chi connectivity index (χ4n) is 4.77. The molecule has 2 aliphatic rings. The third-order valence-electron chi connectivity index (χ3n) is 6.57. The molecule has 2 aromatic heterocycles. The number of piperidine rings is 1. The number of anilines is 1. The zero-order valence-electron chi connectivity index (χ0n) is 18.9. The van der Waals surface area contributed by atoms with Gasteiger partial charge < -0.3 is 14.3 Å². The van der Waals surface area contributed by atoms with Crippen molar-refractivity contribution in [2.75, 3.05) is 24.5 Å². The molecule has 0 bridgehead atoms. The molecule has 4 heterocycles. The fourth-order valence-corrected chi connectivity index (χ4v) is 4.77. The molecule has 2 saturated heterocycles. The van der Waals surface area contributed by atoms with Crippen molar-refractivity contribution in [3.05, 3.63) is 59.7 Å². The average molecular weight is 446 g/mol. The highest BCUT2D eigenvalue weighted by Crippen LogP contribution is 2.32. The van der Waals surface area contributed by atoms with Crippen LogP contribution in [0.15, 0.2) is 47.2 Å². The van der Waals surface area contributed by atoms with Crippen LogP contribution in [0.5, 0.6) is 0 Å². The number of aromatic nitrogens is 3. The Kier molecular flexibility index (Phi) is 5.66. The zero-order valence-corrected chi connectivity index (χ0v) is 18.9. The number of carbonyl (C=O) groups is 2. The van der Waals surface area contributed by atoms with E-state index in [1.807, 2.05) is 49.1 Å². The van der Waals surface area contributed by atoms with Crippen molar-refractivity contribution in [1.82, 2.24) is 20.0 Å². The second kappa shape index (κ2) is 8.77. The van der Waals surface area contributed by atoms with Crippen LogP contribution >= 0.6 is 0 Å². The van der Waals surface area contributed by atoms with Crippen LogP contribution in [-0.4, -0.2) is 51.5 Å². The lowest BCUT2D eigenvalue weighted by Crippen LogP contribution is -2.43. The number of hydrogen-bond acceptors (Lipinski definition) is 6. The molecule has 1 aromatic carbocycles. The van der Waals surface area contributed by atoms with Crippen LogP contribution in [0.4, 0.5) is 5.69 Å². The van der Waals surface area contributed by atoms with Gasteiger partial charge in [0.25, 0.3) is 0 Å². The Bertz CT molecular complexity index is 1180. The van der Waals surface area contributed by atoms with Crippen molar-refractivity contribution in [3.8, 4) is 11.4 Å². The molecular weight excluding hydrogens is 418 g/mol. The van der Waals surface area contributed by atoms with Crippen LogP contribution < -0.4 is 4.90 Å². The van der Waals surface area contributed by atoms with Gasteiger partial charge >= 0.3 is 0 Å². The monoisotopic (exact) mass is 445 g/mol. The Morgan fingerprint density at radius 2 is 2.06 bits per heavy atom. The van der Waals surface area contributed by atoms with Crippen molar-refractivity contribution in [1.29, 1.82) is 0 Å². The summed E-state index contributed by atoms with van der Waals surface area (Å²) in [6.07, 6.45) is 5.40. The summed E-state index contributed by atoms with van der Waals surface area (Å²) in [6.45, 7) is 5.65. The second-order valence-electron chi connectivity index (χ2n) is 9.02. The van der Waals surface area contributed by atoms with Crippen LogP contribution in [0.2, 0.25) is 0 Å². The summed E-state index contributed by atoms with van der Waals surface area (Å²) in [4.78, 5) is 38.4. The highest BCUT2D eigenvalue weighted by molar-refractivity contribution is 6.00. The standard InChI is InChI=1S/C25H27N5O3/c1-16-7-8-17(2)21(11-16)30-15-20(12-22(30)31)25(32)29-10-4-6-19(14-29)24-27-23(28-33-24)18-5-3-9-26-13-18/h3,5,7-9,11,13,19-20H,4,6,10,12,14-15H2,1-2H3/t19-,20+/m1/s1. The van der Waals surface area contributed by atoms with E-state index in [1.54, 1.807) is 17.3 Å². The van der Waals surface area contributed by atoms with Crippen LogP contribution in [0.25, 0.3) is 11.4 Å². The Hall–Kier alpha value is -3.55. The van der Waals surface area contributed by atoms with Gasteiger partial charge in [-0.05, 0) is 56.0 Å². The summed E-state index contributed by atoms with van der Waals surface area (Å²) < 4.78 is 5.54. The minimum Gasteiger partial charge on any atom is -0.342 e. The van der Waals surface area contributed by atoms with Gasteiger partial charge in [0.15, 0.2) is 0 Å². The highest BCUT2D eigenvalue weighted by atomic mass is 16.5. The van der Waals surface area contributed by atoms with Crippen molar-refractivity contribution < 1.29 is 14.1 Å². The molecule has 8 nitrogen and oxygen atoms in total. The number of nitrogens with zero attached hydrogens (tertiary/aromatic N) is 5. The van der Waals surface area contributed by atoms with E-state index < -0.39 is 0 Å². The van der Waals surface area contributed by atoms with Gasteiger partial charge in [0.05, 0.1) is 11.8 Å². The minimum absolute atomic E-state index is 0.00662. The minimum atomic E-state index is -0.329. The van der Waals surface area contributed by atoms with Crippen LogP contribution in [0.1, 0.15) is 42.2 Å². The summed E-state index contributed by atoms with van der Waals surface area (Å²) >= 11 is 0. The molecular formula is C25H27N5O3. The zero-order chi connectivity index (χ0) is 22.9. The molecule has 2 aliphatic heterocycles. The molecule has 0 radical (unpaired) electrons. The number of carbonyl (C=O) groups excluding carboxylic acids is 2. The largest absolute Gasteiger partial charge is 0.342 e. The molecule has 8 heteroatoms. The Morgan fingerprint density at radius 1 is 1.18 bits per heavy atom. The first kappa shape index (κ1) is 21.3. The molecule has 0 aliphatic carbocycles. The van der Waals surface area contributed by atoms with Gasteiger partial charge in [0.1, 0.15) is 0 Å². The van der Waals surface area contributed by atoms with Crippen LogP contribution in [0, 0.1) is 19.8 Å². The molecule has 3 aromatic rings. The van der Waals surface area contributed by atoms with Gasteiger partial charge in [-0.2, -0.15) is 4.98 Å². The van der Waals surface area contributed by atoms with Gasteiger partial charge in [-0.1, -0.05) is 17.3 Å². The topological polar surface area (TPSA) is 92.4 Å². The van der Waals surface area contributed by atoms with Crippen LogP contribution in [0.3, 0.4) is 0 Å². The van der Waals surface area contributed by atoms with Gasteiger partial charge in [-0.25, -0.2) is 0 Å². The van der Waals surface area contributed by atoms with E-state index >= 15 is 0 Å². The molecule has 0 spiro atoms. The van der Waals surface area contributed by atoms with E-state index in [9.17, 15) is 9.59 Å². The molecule has 2 fully saturated rings. The first-order chi connectivity index (χ1) is 16.0. The third kappa shape index (κ3) is 4.25. The van der Waals surface area contributed by atoms with Crippen LogP contribution in [-0.2, 0) is 9.59 Å². The molecule has 0 N–H and O–H groups in total. The summed E-state index contributed by atoms with van der Waals surface area (Å²) in [5, 5.41) is 4.10. The lowest BCUT2D eigenvalue weighted by atomic mass is 9.96. The normalized spacial score (nSPS) is 21.0. The van der Waals surface area contributed by atoms with Crippen molar-refractivity contribution >= 4 is 17.5 Å². The molecule has 0 saturated carbocycles. The van der Waals surface area contributed by atoms with Gasteiger partial charge in [0, 0.05) is 49.7 Å². The van der Waals surface area contributed by atoms with Crippen molar-refractivity contribution in [2.45, 2.75) is 39.0 Å². The maximum Gasteiger partial charge on any atom is 0.231 e. The molecule has 33 heavy (non-hydrogen) atoms. The predicted molar refractivity (Wildman–Crippen MR) is 122 cm³/mol. The quantitative estimate of drug-likeness (QED) is 0.610. The number of likely N-dealkylation sites (tertiary alicyclic amines) is 1. The number of aryl methyl sites for hydroxylation is 2. The SMILES string of the molecule is Cc1ccc(C)c(N2C[C@@H](C(=O)N3CCC[C@@H](c4nc(-c5cccnc5)no4)C3)CC2=O)c1. The third-order valence-corrected chi connectivity index (χ3v) is 6.57. The maximum atomic E-state index is 13.4. The summed E-state index contributed by atoms with van der Waals surface area (Å²) in [5.41, 5.74) is 3.84. The van der Waals surface area contributed by atoms with Gasteiger partial charge in [0.2, 0.25) is 23.5 Å². The lowest BCUT2D eigenvalue weighted by molar-refractivity contribution is -0.137. The number of rotatable bonds is 4.